The van der Waals surface area contributed by atoms with Crippen LogP contribution in [-0.4, -0.2) is 46.1 Å². The quantitative estimate of drug-likeness (QED) is 0.148. The van der Waals surface area contributed by atoms with Gasteiger partial charge in [0.25, 0.3) is 0 Å². The summed E-state index contributed by atoms with van der Waals surface area (Å²) in [4.78, 5) is 24.9. The van der Waals surface area contributed by atoms with Crippen molar-refractivity contribution in [3.05, 3.63) is 155 Å². The van der Waals surface area contributed by atoms with E-state index in [9.17, 15) is 4.79 Å². The van der Waals surface area contributed by atoms with E-state index in [-0.39, 0.29) is 5.92 Å². The number of aliphatic imine (C=N–C) groups is 1. The van der Waals surface area contributed by atoms with Crippen LogP contribution < -0.4 is 20.0 Å². The maximum atomic E-state index is 13.2. The third-order valence-corrected chi connectivity index (χ3v) is 10.4. The summed E-state index contributed by atoms with van der Waals surface area (Å²) >= 11 is 1.54. The van der Waals surface area contributed by atoms with Gasteiger partial charge in [0.2, 0.25) is 0 Å². The van der Waals surface area contributed by atoms with Crippen LogP contribution in [-0.2, 0) is 22.6 Å². The second-order valence-corrected chi connectivity index (χ2v) is 14.9. The number of benzene rings is 5. The second kappa shape index (κ2) is 15.8. The number of fused-ring (bicyclic) bond motifs is 1. The van der Waals surface area contributed by atoms with E-state index in [1.54, 1.807) is 0 Å². The smallest absolute Gasteiger partial charge is 0.413 e. The van der Waals surface area contributed by atoms with Gasteiger partial charge in [0, 0.05) is 63.9 Å². The van der Waals surface area contributed by atoms with Gasteiger partial charge in [-0.1, -0.05) is 117 Å². The first-order valence-corrected chi connectivity index (χ1v) is 18.2. The summed E-state index contributed by atoms with van der Waals surface area (Å²) in [5, 5.41) is 3.50. The molecule has 0 radical (unpaired) electrons. The standard InChI is InChI=1S/C43H47N5O2S/c1-31(2)30-50-42(49)45-41-44-40-27-38(48(28-32-13-9-7-10-14-32)29-33-15-11-8-12-16-33)25-26-39(40)43(51-41,34-17-21-36(22-18-34)46(3)4)35-19-23-37(24-20-35)47(5)6/h7-27,31H,28-30H2,1-6H3,(H,44,45,49). The number of rotatable bonds is 11. The fourth-order valence-corrected chi connectivity index (χ4v) is 7.65. The van der Waals surface area contributed by atoms with Crippen LogP contribution in [0, 0.1) is 5.92 Å². The Balaban J connectivity index is 1.52. The first kappa shape index (κ1) is 35.6. The van der Waals surface area contributed by atoms with Crippen molar-refractivity contribution in [1.29, 1.82) is 0 Å². The topological polar surface area (TPSA) is 60.4 Å². The molecule has 5 aromatic carbocycles. The molecule has 1 heterocycles. The van der Waals surface area contributed by atoms with Crippen LogP contribution in [0.25, 0.3) is 0 Å². The lowest BCUT2D eigenvalue weighted by molar-refractivity contribution is 0.138. The highest BCUT2D eigenvalue weighted by molar-refractivity contribution is 8.15. The van der Waals surface area contributed by atoms with E-state index >= 15 is 0 Å². The minimum Gasteiger partial charge on any atom is -0.449 e. The molecule has 51 heavy (non-hydrogen) atoms. The second-order valence-electron chi connectivity index (χ2n) is 13.7. The average molecular weight is 698 g/mol. The van der Waals surface area contributed by atoms with E-state index in [2.05, 4.69) is 135 Å². The van der Waals surface area contributed by atoms with Gasteiger partial charge in [-0.15, -0.1) is 0 Å². The lowest BCUT2D eigenvalue weighted by atomic mass is 9.82. The van der Waals surface area contributed by atoms with Crippen LogP contribution in [0.15, 0.2) is 132 Å². The van der Waals surface area contributed by atoms with E-state index in [4.69, 9.17) is 9.73 Å². The molecule has 0 aromatic heterocycles. The molecule has 262 valence electrons. The van der Waals surface area contributed by atoms with E-state index in [1.165, 1.54) is 22.9 Å². The maximum absolute atomic E-state index is 13.2. The summed E-state index contributed by atoms with van der Waals surface area (Å²) in [5.74, 6) is 0.213. The Kier molecular flexibility index (Phi) is 11.0. The molecule has 0 saturated heterocycles. The van der Waals surface area contributed by atoms with Gasteiger partial charge in [-0.25, -0.2) is 9.79 Å². The number of amidine groups is 1. The highest BCUT2D eigenvalue weighted by atomic mass is 32.2. The van der Waals surface area contributed by atoms with Gasteiger partial charge in [0.05, 0.1) is 12.3 Å². The Hall–Kier alpha value is -5.21. The molecule has 1 aliphatic rings. The number of nitrogens with one attached hydrogen (secondary N) is 1. The van der Waals surface area contributed by atoms with Crippen LogP contribution in [0.3, 0.4) is 0 Å². The summed E-state index contributed by atoms with van der Waals surface area (Å²) in [6.07, 6.45) is -0.510. The van der Waals surface area contributed by atoms with E-state index in [1.807, 2.05) is 54.2 Å². The number of hydrogen-bond donors (Lipinski definition) is 1. The normalized spacial score (nSPS) is 13.2. The van der Waals surface area contributed by atoms with Gasteiger partial charge < -0.3 is 19.4 Å². The zero-order chi connectivity index (χ0) is 36.0. The summed E-state index contributed by atoms with van der Waals surface area (Å²) in [6.45, 7) is 5.82. The van der Waals surface area contributed by atoms with Gasteiger partial charge in [0.1, 0.15) is 4.75 Å². The number of carbonyl (C=O) groups is 1. The molecular formula is C43H47N5O2S. The number of anilines is 3. The van der Waals surface area contributed by atoms with Crippen molar-refractivity contribution in [2.75, 3.05) is 49.5 Å². The fourth-order valence-electron chi connectivity index (χ4n) is 6.29. The van der Waals surface area contributed by atoms with Crippen molar-refractivity contribution in [2.24, 2.45) is 10.9 Å². The molecule has 8 heteroatoms. The Labute approximate surface area is 307 Å². The summed E-state index contributed by atoms with van der Waals surface area (Å²) in [5.41, 5.74) is 9.70. The molecule has 0 saturated carbocycles. The number of hydrogen-bond acceptors (Lipinski definition) is 7. The number of carbonyl (C=O) groups excluding carboxylic acids is 1. The predicted molar refractivity (Wildman–Crippen MR) is 215 cm³/mol. The van der Waals surface area contributed by atoms with E-state index < -0.39 is 10.8 Å². The van der Waals surface area contributed by atoms with Crippen LogP contribution in [0.5, 0.6) is 0 Å². The monoisotopic (exact) mass is 697 g/mol. The molecule has 7 nitrogen and oxygen atoms in total. The summed E-state index contributed by atoms with van der Waals surface area (Å²) in [7, 11) is 8.19. The molecule has 1 N–H and O–H groups in total. The zero-order valence-corrected chi connectivity index (χ0v) is 31.2. The van der Waals surface area contributed by atoms with Crippen LogP contribution in [0.4, 0.5) is 27.5 Å². The highest BCUT2D eigenvalue weighted by Gasteiger charge is 2.44. The maximum Gasteiger partial charge on any atom is 0.413 e. The number of amides is 1. The third-order valence-electron chi connectivity index (χ3n) is 8.97. The molecule has 0 fully saturated rings. The SMILES string of the molecule is CC(C)COC(=O)NC1=Nc2cc(N(Cc3ccccc3)Cc3ccccc3)ccc2C(c2ccc(N(C)C)cc2)(c2ccc(N(C)C)cc2)S1. The molecule has 5 aromatic rings. The summed E-state index contributed by atoms with van der Waals surface area (Å²) in [6, 6.07) is 45.0. The van der Waals surface area contributed by atoms with Gasteiger partial charge in [0.15, 0.2) is 5.17 Å². The average Bonchev–Trinajstić information content (AvgIpc) is 3.14. The van der Waals surface area contributed by atoms with Crippen molar-refractivity contribution in [1.82, 2.24) is 5.32 Å². The largest absolute Gasteiger partial charge is 0.449 e. The first-order chi connectivity index (χ1) is 24.6. The molecular weight excluding hydrogens is 651 g/mol. The molecule has 0 unspecified atom stereocenters. The fraction of sp³-hybridized carbons (Fsp3) is 0.256. The third kappa shape index (κ3) is 8.24. The predicted octanol–water partition coefficient (Wildman–Crippen LogP) is 9.43. The zero-order valence-electron chi connectivity index (χ0n) is 30.3. The molecule has 1 aliphatic heterocycles. The van der Waals surface area contributed by atoms with E-state index in [0.29, 0.717) is 11.8 Å². The van der Waals surface area contributed by atoms with E-state index in [0.717, 1.165) is 52.5 Å². The first-order valence-electron chi connectivity index (χ1n) is 17.4. The molecule has 6 rings (SSSR count). The van der Waals surface area contributed by atoms with Gasteiger partial charge in [-0.3, -0.25) is 5.32 Å². The molecule has 0 bridgehead atoms. The lowest BCUT2D eigenvalue weighted by Gasteiger charge is -2.39. The van der Waals surface area contributed by atoms with Crippen molar-refractivity contribution < 1.29 is 9.53 Å². The number of nitrogens with zero attached hydrogens (tertiary/aromatic N) is 4. The van der Waals surface area contributed by atoms with Crippen LogP contribution >= 0.6 is 11.8 Å². The molecule has 0 spiro atoms. The number of alkyl carbamates (subject to hydrolysis) is 1. The van der Waals surface area contributed by atoms with Crippen molar-refractivity contribution in [3.8, 4) is 0 Å². The Bertz CT molecular complexity index is 1850. The number of ether oxygens (including phenoxy) is 1. The number of thioether (sulfide) groups is 1. The minimum atomic E-state index is -0.727. The van der Waals surface area contributed by atoms with Crippen LogP contribution in [0.1, 0.15) is 41.7 Å². The van der Waals surface area contributed by atoms with Crippen molar-refractivity contribution in [3.63, 3.8) is 0 Å². The van der Waals surface area contributed by atoms with Gasteiger partial charge >= 0.3 is 6.09 Å². The lowest BCUT2D eigenvalue weighted by Crippen LogP contribution is -2.37. The van der Waals surface area contributed by atoms with Crippen molar-refractivity contribution >= 4 is 45.8 Å². The Morgan fingerprint density at radius 1 is 0.706 bits per heavy atom. The molecule has 0 atom stereocenters. The Morgan fingerprint density at radius 2 is 1.20 bits per heavy atom. The minimum absolute atomic E-state index is 0.213. The summed E-state index contributed by atoms with van der Waals surface area (Å²) < 4.78 is 4.86. The van der Waals surface area contributed by atoms with Crippen molar-refractivity contribution in [2.45, 2.75) is 31.7 Å². The van der Waals surface area contributed by atoms with Crippen LogP contribution in [0.2, 0.25) is 0 Å². The van der Waals surface area contributed by atoms with Gasteiger partial charge in [-0.2, -0.15) is 0 Å². The molecule has 0 aliphatic carbocycles. The van der Waals surface area contributed by atoms with Gasteiger partial charge in [-0.05, 0) is 64.6 Å². The highest BCUT2D eigenvalue weighted by Crippen LogP contribution is 2.55. The molecule has 1 amide bonds. The Morgan fingerprint density at radius 3 is 1.67 bits per heavy atom.